The van der Waals surface area contributed by atoms with Gasteiger partial charge in [-0.3, -0.25) is 14.0 Å². The number of hydrogen-bond acceptors (Lipinski definition) is 7. The predicted octanol–water partition coefficient (Wildman–Crippen LogP) is 3.81. The summed E-state index contributed by atoms with van der Waals surface area (Å²) in [6, 6.07) is 8.39. The number of rotatable bonds is 4. The van der Waals surface area contributed by atoms with Crippen LogP contribution in [0.4, 0.5) is 10.2 Å². The fraction of sp³-hybridized carbons (Fsp3) is 0.370. The first-order valence-corrected chi connectivity index (χ1v) is 12.3. The first kappa shape index (κ1) is 23.3. The van der Waals surface area contributed by atoms with Crippen LogP contribution < -0.4 is 10.5 Å². The summed E-state index contributed by atoms with van der Waals surface area (Å²) in [5.74, 6) is 0.449. The normalized spacial score (nSPS) is 19.8. The number of ether oxygens (including phenoxy) is 1. The lowest BCUT2D eigenvalue weighted by Crippen LogP contribution is -2.43. The van der Waals surface area contributed by atoms with Crippen LogP contribution in [0.15, 0.2) is 41.5 Å². The second-order valence-electron chi connectivity index (χ2n) is 9.88. The zero-order chi connectivity index (χ0) is 25.8. The van der Waals surface area contributed by atoms with Crippen molar-refractivity contribution in [1.29, 1.82) is 5.26 Å². The van der Waals surface area contributed by atoms with Gasteiger partial charge in [-0.2, -0.15) is 10.4 Å². The summed E-state index contributed by atoms with van der Waals surface area (Å²) in [5, 5.41) is 14.0. The van der Waals surface area contributed by atoms with Crippen molar-refractivity contribution in [3.05, 3.63) is 69.8 Å². The average molecular weight is 500 g/mol. The van der Waals surface area contributed by atoms with Crippen LogP contribution >= 0.6 is 0 Å². The van der Waals surface area contributed by atoms with Gasteiger partial charge in [-0.15, -0.1) is 0 Å². The molecule has 4 heterocycles. The van der Waals surface area contributed by atoms with Crippen molar-refractivity contribution in [2.45, 2.75) is 44.9 Å². The molecule has 1 saturated carbocycles. The smallest absolute Gasteiger partial charge is 0.261 e. The fourth-order valence-corrected chi connectivity index (χ4v) is 4.87. The van der Waals surface area contributed by atoms with Gasteiger partial charge in [0.2, 0.25) is 0 Å². The third-order valence-electron chi connectivity index (χ3n) is 7.13. The Morgan fingerprint density at radius 2 is 2.00 bits per heavy atom. The van der Waals surface area contributed by atoms with E-state index in [1.165, 1.54) is 22.8 Å². The molecule has 37 heavy (non-hydrogen) atoms. The number of morpholine rings is 1. The highest BCUT2D eigenvalue weighted by atomic mass is 19.1. The quantitative estimate of drug-likeness (QED) is 0.421. The molecular formula is C27H26FN7O2. The SMILES string of the molecule is Cc1nc2c(-c3ccc(C#N)cc3F)nc(N3C[C@@H](c4cnn(C5CC5)c4)O[C@@H](C)C3)cc2c(=O)n1C. The predicted molar refractivity (Wildman–Crippen MR) is 136 cm³/mol. The molecule has 0 spiro atoms. The average Bonchev–Trinajstić information content (AvgIpc) is 3.62. The Morgan fingerprint density at radius 3 is 2.73 bits per heavy atom. The van der Waals surface area contributed by atoms with E-state index < -0.39 is 5.82 Å². The summed E-state index contributed by atoms with van der Waals surface area (Å²) >= 11 is 0. The van der Waals surface area contributed by atoms with Crippen LogP contribution in [0.1, 0.15) is 48.9 Å². The summed E-state index contributed by atoms with van der Waals surface area (Å²) in [6.45, 7) is 4.79. The standard InChI is InChI=1S/C27H26FN7O2/c1-15-12-34(14-23(37-15)18-11-30-35(13-18)19-5-6-19)24-9-21-26(31-16(2)33(3)27(21)36)25(32-24)20-7-4-17(10-29)8-22(20)28/h4,7-9,11,13,15,19,23H,5-6,12,14H2,1-3H3/t15-,23-/m0/s1. The summed E-state index contributed by atoms with van der Waals surface area (Å²) in [6.07, 6.45) is 5.87. The van der Waals surface area contributed by atoms with Crippen LogP contribution in [0, 0.1) is 24.1 Å². The molecule has 2 aliphatic rings. The maximum atomic E-state index is 15.2. The van der Waals surface area contributed by atoms with E-state index in [-0.39, 0.29) is 34.6 Å². The summed E-state index contributed by atoms with van der Waals surface area (Å²) < 4.78 is 24.9. The molecule has 1 aliphatic carbocycles. The second kappa shape index (κ2) is 8.78. The van der Waals surface area contributed by atoms with Crippen molar-refractivity contribution in [3.63, 3.8) is 0 Å². The van der Waals surface area contributed by atoms with E-state index in [0.29, 0.717) is 41.7 Å². The van der Waals surface area contributed by atoms with E-state index in [2.05, 4.69) is 15.0 Å². The molecule has 1 aromatic carbocycles. The van der Waals surface area contributed by atoms with E-state index >= 15 is 4.39 Å². The van der Waals surface area contributed by atoms with Gasteiger partial charge in [0.05, 0.1) is 41.9 Å². The zero-order valence-corrected chi connectivity index (χ0v) is 20.8. The lowest BCUT2D eigenvalue weighted by Gasteiger charge is -2.37. The number of hydrogen-bond donors (Lipinski definition) is 0. The highest BCUT2D eigenvalue weighted by Gasteiger charge is 2.31. The highest BCUT2D eigenvalue weighted by Crippen LogP contribution is 2.36. The Balaban J connectivity index is 1.47. The second-order valence-corrected chi connectivity index (χ2v) is 9.88. The number of anilines is 1. The van der Waals surface area contributed by atoms with E-state index in [9.17, 15) is 10.1 Å². The zero-order valence-electron chi connectivity index (χ0n) is 20.8. The van der Waals surface area contributed by atoms with Crippen LogP contribution in [0.2, 0.25) is 0 Å². The number of aromatic nitrogens is 5. The van der Waals surface area contributed by atoms with Crippen LogP contribution in [0.5, 0.6) is 0 Å². The van der Waals surface area contributed by atoms with Gasteiger partial charge in [-0.1, -0.05) is 0 Å². The molecular weight excluding hydrogens is 473 g/mol. The van der Waals surface area contributed by atoms with Gasteiger partial charge in [-0.25, -0.2) is 14.4 Å². The van der Waals surface area contributed by atoms with Crippen LogP contribution in [0.3, 0.4) is 0 Å². The summed E-state index contributed by atoms with van der Waals surface area (Å²) in [5.41, 5.74) is 1.76. The molecule has 0 radical (unpaired) electrons. The van der Waals surface area contributed by atoms with Gasteiger partial charge in [0, 0.05) is 30.9 Å². The van der Waals surface area contributed by atoms with Crippen LogP contribution in [0.25, 0.3) is 22.2 Å². The number of nitriles is 1. The van der Waals surface area contributed by atoms with Crippen molar-refractivity contribution in [3.8, 4) is 17.3 Å². The van der Waals surface area contributed by atoms with Crippen molar-refractivity contribution in [1.82, 2.24) is 24.3 Å². The van der Waals surface area contributed by atoms with Gasteiger partial charge >= 0.3 is 0 Å². The maximum absolute atomic E-state index is 15.2. The lowest BCUT2D eigenvalue weighted by molar-refractivity contribution is -0.0176. The molecule has 0 unspecified atom stereocenters. The first-order valence-electron chi connectivity index (χ1n) is 12.3. The first-order chi connectivity index (χ1) is 17.8. The van der Waals surface area contributed by atoms with Crippen LogP contribution in [-0.4, -0.2) is 43.5 Å². The summed E-state index contributed by atoms with van der Waals surface area (Å²) in [7, 11) is 1.66. The molecule has 0 amide bonds. The molecule has 9 nitrogen and oxygen atoms in total. The molecule has 6 rings (SSSR count). The molecule has 188 valence electrons. The molecule has 4 aromatic rings. The van der Waals surface area contributed by atoms with E-state index in [0.717, 1.165) is 18.4 Å². The van der Waals surface area contributed by atoms with E-state index in [1.807, 2.05) is 30.1 Å². The number of halogens is 1. The fourth-order valence-electron chi connectivity index (χ4n) is 4.87. The van der Waals surface area contributed by atoms with Gasteiger partial charge in [0.25, 0.3) is 5.56 Å². The van der Waals surface area contributed by atoms with Crippen LogP contribution in [-0.2, 0) is 11.8 Å². The highest BCUT2D eigenvalue weighted by molar-refractivity contribution is 5.93. The monoisotopic (exact) mass is 499 g/mol. The minimum absolute atomic E-state index is 0.102. The van der Waals surface area contributed by atoms with E-state index in [4.69, 9.17) is 9.72 Å². The molecule has 10 heteroatoms. The van der Waals surface area contributed by atoms with Gasteiger partial charge in [0.1, 0.15) is 34.8 Å². The lowest BCUT2D eigenvalue weighted by atomic mass is 10.0. The van der Waals surface area contributed by atoms with E-state index in [1.54, 1.807) is 20.0 Å². The van der Waals surface area contributed by atoms with Crippen molar-refractivity contribution >= 4 is 16.7 Å². The van der Waals surface area contributed by atoms with Crippen molar-refractivity contribution < 1.29 is 9.13 Å². The number of nitrogens with zero attached hydrogens (tertiary/aromatic N) is 7. The molecule has 2 fully saturated rings. The van der Waals surface area contributed by atoms with Crippen molar-refractivity contribution in [2.24, 2.45) is 7.05 Å². The number of pyridine rings is 1. The number of aryl methyl sites for hydroxylation is 1. The Bertz CT molecular complexity index is 1630. The molecule has 0 bridgehead atoms. The molecule has 1 saturated heterocycles. The largest absolute Gasteiger partial charge is 0.367 e. The number of fused-ring (bicyclic) bond motifs is 1. The third-order valence-corrected chi connectivity index (χ3v) is 7.13. The maximum Gasteiger partial charge on any atom is 0.261 e. The third kappa shape index (κ3) is 4.15. The molecule has 1 aliphatic heterocycles. The summed E-state index contributed by atoms with van der Waals surface area (Å²) in [4.78, 5) is 24.8. The Morgan fingerprint density at radius 1 is 1.19 bits per heavy atom. The minimum Gasteiger partial charge on any atom is -0.367 e. The molecule has 3 aromatic heterocycles. The Labute approximate surface area is 212 Å². The number of benzene rings is 1. The molecule has 0 N–H and O–H groups in total. The van der Waals surface area contributed by atoms with Gasteiger partial charge in [0.15, 0.2) is 0 Å². The van der Waals surface area contributed by atoms with Crippen molar-refractivity contribution in [2.75, 3.05) is 18.0 Å². The Hall–Kier alpha value is -4.10. The molecule has 2 atom stereocenters. The topological polar surface area (TPSA) is 102 Å². The van der Waals surface area contributed by atoms with Gasteiger partial charge in [-0.05, 0) is 51.0 Å². The van der Waals surface area contributed by atoms with Gasteiger partial charge < -0.3 is 9.64 Å². The minimum atomic E-state index is -0.592. The Kier molecular flexibility index (Phi) is 5.53.